The highest BCUT2D eigenvalue weighted by Gasteiger charge is 2.48. The molecule has 6 nitrogen and oxygen atoms in total. The lowest BCUT2D eigenvalue weighted by atomic mass is 9.74. The van der Waals surface area contributed by atoms with Crippen molar-refractivity contribution in [2.75, 3.05) is 31.6 Å². The monoisotopic (exact) mass is 495 g/mol. The molecule has 2 unspecified atom stereocenters. The maximum absolute atomic E-state index is 12.6. The molecule has 0 saturated carbocycles. The number of hydrogen-bond acceptors (Lipinski definition) is 6. The lowest BCUT2D eigenvalue weighted by Crippen LogP contribution is -2.65. The number of anilines is 1. The van der Waals surface area contributed by atoms with Gasteiger partial charge in [-0.3, -0.25) is 4.79 Å². The quantitative estimate of drug-likeness (QED) is 0.487. The predicted octanol–water partition coefficient (Wildman–Crippen LogP) is 2.57. The fourth-order valence-electron chi connectivity index (χ4n) is 4.23. The minimum atomic E-state index is -1.95. The van der Waals surface area contributed by atoms with Crippen molar-refractivity contribution in [2.24, 2.45) is 11.3 Å². The molecule has 34 heavy (non-hydrogen) atoms. The summed E-state index contributed by atoms with van der Waals surface area (Å²) in [6.45, 7) is 7.83. The van der Waals surface area contributed by atoms with E-state index in [9.17, 15) is 4.79 Å². The van der Waals surface area contributed by atoms with Gasteiger partial charge in [-0.1, -0.05) is 81.4 Å². The Labute approximate surface area is 207 Å². The van der Waals surface area contributed by atoms with Gasteiger partial charge >= 0.3 is 0 Å². The molecule has 1 amide bonds. The van der Waals surface area contributed by atoms with E-state index in [4.69, 9.17) is 9.53 Å². The summed E-state index contributed by atoms with van der Waals surface area (Å²) in [7, 11) is -0.274. The standard InChI is InChI=1S/C26H33N3O3SSi/c1-26(2,3)21-17-29(25-27-22(18-33-25)23(31)28(4)15-16-30)24(21)32-34(19-11-7-5-8-12-19)20-13-9-6-10-14-20/h5-14,18,21,24,30,34H,15-17H2,1-4H3. The van der Waals surface area contributed by atoms with Crippen LogP contribution in [-0.4, -0.2) is 62.9 Å². The molecule has 0 bridgehead atoms. The maximum atomic E-state index is 12.6. The van der Waals surface area contributed by atoms with Crippen molar-refractivity contribution in [3.8, 4) is 0 Å². The number of hydrogen-bond donors (Lipinski definition) is 1. The van der Waals surface area contributed by atoms with Crippen LogP contribution in [-0.2, 0) is 4.43 Å². The second-order valence-electron chi connectivity index (χ2n) is 9.82. The Kier molecular flexibility index (Phi) is 7.52. The molecule has 2 aromatic carbocycles. The Balaban J connectivity index is 1.62. The maximum Gasteiger partial charge on any atom is 0.273 e. The largest absolute Gasteiger partial charge is 0.395 e. The summed E-state index contributed by atoms with van der Waals surface area (Å²) in [5, 5.41) is 14.2. The van der Waals surface area contributed by atoms with E-state index in [1.165, 1.54) is 26.6 Å². The molecular weight excluding hydrogens is 462 g/mol. The predicted molar refractivity (Wildman–Crippen MR) is 141 cm³/mol. The lowest BCUT2D eigenvalue weighted by molar-refractivity contribution is 0.00493. The number of carbonyl (C=O) groups is 1. The Hall–Kier alpha value is -2.52. The minimum absolute atomic E-state index is 0.0699. The van der Waals surface area contributed by atoms with Crippen LogP contribution in [0.4, 0.5) is 5.13 Å². The molecule has 2 atom stereocenters. The second-order valence-corrected chi connectivity index (χ2v) is 13.0. The molecule has 2 heterocycles. The van der Waals surface area contributed by atoms with E-state index >= 15 is 0 Å². The number of carbonyl (C=O) groups excluding carboxylic acids is 1. The second kappa shape index (κ2) is 10.4. The van der Waals surface area contributed by atoms with E-state index in [0.717, 1.165) is 11.7 Å². The first kappa shape index (κ1) is 24.6. The lowest BCUT2D eigenvalue weighted by Gasteiger charge is -2.54. The van der Waals surface area contributed by atoms with E-state index in [1.54, 1.807) is 12.4 Å². The van der Waals surface area contributed by atoms with Crippen molar-refractivity contribution in [3.05, 3.63) is 71.7 Å². The molecule has 1 aromatic heterocycles. The van der Waals surface area contributed by atoms with Crippen LogP contribution in [0.3, 0.4) is 0 Å². The van der Waals surface area contributed by atoms with Crippen LogP contribution in [0, 0.1) is 11.3 Å². The number of nitrogens with zero attached hydrogens (tertiary/aromatic N) is 3. The van der Waals surface area contributed by atoms with Gasteiger partial charge in [-0.15, -0.1) is 11.3 Å². The molecule has 0 radical (unpaired) electrons. The molecule has 0 spiro atoms. The van der Waals surface area contributed by atoms with Crippen molar-refractivity contribution in [1.29, 1.82) is 0 Å². The molecule has 1 aliphatic rings. The van der Waals surface area contributed by atoms with E-state index in [2.05, 4.69) is 79.2 Å². The highest BCUT2D eigenvalue weighted by molar-refractivity contribution is 7.14. The Morgan fingerprint density at radius 2 is 1.74 bits per heavy atom. The average molecular weight is 496 g/mol. The molecular formula is C26H33N3O3SSi. The number of thiazole rings is 1. The topological polar surface area (TPSA) is 65.9 Å². The van der Waals surface area contributed by atoms with E-state index in [0.29, 0.717) is 11.6 Å². The van der Waals surface area contributed by atoms with E-state index in [1.807, 2.05) is 12.1 Å². The average Bonchev–Trinajstić information content (AvgIpc) is 3.28. The van der Waals surface area contributed by atoms with Crippen molar-refractivity contribution >= 4 is 41.8 Å². The summed E-state index contributed by atoms with van der Waals surface area (Å²) >= 11 is 1.47. The van der Waals surface area contributed by atoms with Crippen LogP contribution in [0.1, 0.15) is 31.3 Å². The molecule has 1 aliphatic heterocycles. The Morgan fingerprint density at radius 1 is 1.15 bits per heavy atom. The van der Waals surface area contributed by atoms with Gasteiger partial charge in [0.2, 0.25) is 9.04 Å². The molecule has 4 rings (SSSR count). The number of benzene rings is 2. The van der Waals surface area contributed by atoms with E-state index in [-0.39, 0.29) is 30.7 Å². The van der Waals surface area contributed by atoms with Gasteiger partial charge in [-0.25, -0.2) is 4.98 Å². The Morgan fingerprint density at radius 3 is 2.26 bits per heavy atom. The third kappa shape index (κ3) is 5.25. The van der Waals surface area contributed by atoms with Crippen LogP contribution in [0.5, 0.6) is 0 Å². The highest BCUT2D eigenvalue weighted by atomic mass is 32.1. The summed E-state index contributed by atoms with van der Waals surface area (Å²) in [6, 6.07) is 21.0. The molecule has 1 saturated heterocycles. The molecule has 1 N–H and O–H groups in total. The van der Waals surface area contributed by atoms with Crippen molar-refractivity contribution < 1.29 is 14.3 Å². The zero-order valence-corrected chi connectivity index (χ0v) is 22.2. The molecule has 8 heteroatoms. The first-order chi connectivity index (χ1) is 16.3. The molecule has 1 fully saturated rings. The summed E-state index contributed by atoms with van der Waals surface area (Å²) in [5.74, 6) is 0.165. The summed E-state index contributed by atoms with van der Waals surface area (Å²) in [4.78, 5) is 21.0. The fourth-order valence-corrected chi connectivity index (χ4v) is 7.52. The fraction of sp³-hybridized carbons (Fsp3) is 0.385. The van der Waals surface area contributed by atoms with Crippen LogP contribution < -0.4 is 15.3 Å². The summed E-state index contributed by atoms with van der Waals surface area (Å²) < 4.78 is 7.02. The zero-order chi connectivity index (χ0) is 24.3. The number of aromatic nitrogens is 1. The minimum Gasteiger partial charge on any atom is -0.395 e. The third-order valence-corrected chi connectivity index (χ3v) is 9.79. The highest BCUT2D eigenvalue weighted by Crippen LogP contribution is 2.43. The van der Waals surface area contributed by atoms with Crippen LogP contribution >= 0.6 is 11.3 Å². The molecule has 180 valence electrons. The summed E-state index contributed by atoms with van der Waals surface area (Å²) in [5.41, 5.74) is 0.485. The first-order valence-corrected chi connectivity index (χ1v) is 14.1. The third-order valence-electron chi connectivity index (χ3n) is 6.38. The first-order valence-electron chi connectivity index (χ1n) is 11.6. The van der Waals surface area contributed by atoms with Gasteiger partial charge < -0.3 is 19.3 Å². The summed E-state index contributed by atoms with van der Waals surface area (Å²) in [6.07, 6.45) is -0.110. The smallest absolute Gasteiger partial charge is 0.273 e. The van der Waals surface area contributed by atoms with Gasteiger partial charge in [0.05, 0.1) is 6.61 Å². The van der Waals surface area contributed by atoms with Gasteiger partial charge in [0.15, 0.2) is 5.13 Å². The van der Waals surface area contributed by atoms with Crippen molar-refractivity contribution in [2.45, 2.75) is 27.0 Å². The van der Waals surface area contributed by atoms with Gasteiger partial charge in [0, 0.05) is 31.4 Å². The number of likely N-dealkylation sites (N-methyl/N-ethyl adjacent to an activating group) is 1. The van der Waals surface area contributed by atoms with Gasteiger partial charge in [0.25, 0.3) is 5.91 Å². The number of aliphatic hydroxyl groups is 1. The van der Waals surface area contributed by atoms with Gasteiger partial charge in [-0.2, -0.15) is 0 Å². The van der Waals surface area contributed by atoms with Gasteiger partial charge in [0.1, 0.15) is 11.9 Å². The molecule has 3 aromatic rings. The van der Waals surface area contributed by atoms with Crippen molar-refractivity contribution in [1.82, 2.24) is 9.88 Å². The Bertz CT molecular complexity index is 1050. The van der Waals surface area contributed by atoms with Gasteiger partial charge in [-0.05, 0) is 15.8 Å². The van der Waals surface area contributed by atoms with Crippen LogP contribution in [0.25, 0.3) is 0 Å². The van der Waals surface area contributed by atoms with Crippen LogP contribution in [0.15, 0.2) is 66.0 Å². The normalized spacial score (nSPS) is 18.1. The number of rotatable bonds is 8. The number of aliphatic hydroxyl groups excluding tert-OH is 1. The van der Waals surface area contributed by atoms with Crippen molar-refractivity contribution in [3.63, 3.8) is 0 Å². The SMILES string of the molecule is CN(CCO)C(=O)c1csc(N2CC(C(C)(C)C)C2O[SiH](c2ccccc2)c2ccccc2)n1. The molecule has 0 aliphatic carbocycles. The zero-order valence-electron chi connectivity index (χ0n) is 20.2. The number of amides is 1. The van der Waals surface area contributed by atoms with Crippen LogP contribution in [0.2, 0.25) is 0 Å². The van der Waals surface area contributed by atoms with E-state index < -0.39 is 9.04 Å².